The molecule has 2 N–H and O–H groups in total. The number of amides is 1. The first-order valence-corrected chi connectivity index (χ1v) is 8.70. The second-order valence-corrected chi connectivity index (χ2v) is 7.84. The molecule has 22 heavy (non-hydrogen) atoms. The highest BCUT2D eigenvalue weighted by Gasteiger charge is 2.50. The van der Waals surface area contributed by atoms with E-state index in [-0.39, 0.29) is 5.91 Å². The van der Waals surface area contributed by atoms with Crippen LogP contribution in [0.25, 0.3) is 0 Å². The van der Waals surface area contributed by atoms with Gasteiger partial charge in [0.05, 0.1) is 6.42 Å². The SMILES string of the molecule is CN(C(=O)Cc1ccc(N)cc1)C1C2CC3CC(C2)CC1C3. The molecular weight excluding hydrogens is 272 g/mol. The summed E-state index contributed by atoms with van der Waals surface area (Å²) in [4.78, 5) is 14.8. The number of carbonyl (C=O) groups is 1. The van der Waals surface area contributed by atoms with Gasteiger partial charge in [-0.15, -0.1) is 0 Å². The molecule has 0 atom stereocenters. The minimum absolute atomic E-state index is 0.266. The van der Waals surface area contributed by atoms with Crippen molar-refractivity contribution in [1.29, 1.82) is 0 Å². The zero-order valence-corrected chi connectivity index (χ0v) is 13.4. The number of hydrogen-bond donors (Lipinski definition) is 1. The van der Waals surface area contributed by atoms with Crippen LogP contribution in [0.5, 0.6) is 0 Å². The first kappa shape index (κ1) is 14.1. The molecule has 0 unspecified atom stereocenters. The normalized spacial score (nSPS) is 35.6. The Labute approximate surface area is 132 Å². The van der Waals surface area contributed by atoms with Gasteiger partial charge >= 0.3 is 0 Å². The Kier molecular flexibility index (Phi) is 3.39. The van der Waals surface area contributed by atoms with E-state index < -0.39 is 0 Å². The van der Waals surface area contributed by atoms with Crippen molar-refractivity contribution in [2.45, 2.75) is 44.6 Å². The lowest BCUT2D eigenvalue weighted by Gasteiger charge is -2.56. The molecule has 0 aliphatic heterocycles. The minimum atomic E-state index is 0.266. The molecule has 4 saturated carbocycles. The van der Waals surface area contributed by atoms with Crippen LogP contribution in [0.3, 0.4) is 0 Å². The molecule has 0 aromatic heterocycles. The van der Waals surface area contributed by atoms with Gasteiger partial charge in [-0.2, -0.15) is 0 Å². The Hall–Kier alpha value is -1.51. The number of carbonyl (C=O) groups excluding carboxylic acids is 1. The summed E-state index contributed by atoms with van der Waals surface area (Å²) in [6.07, 6.45) is 7.39. The second-order valence-electron chi connectivity index (χ2n) is 7.84. The van der Waals surface area contributed by atoms with Gasteiger partial charge in [-0.25, -0.2) is 0 Å². The number of nitrogen functional groups attached to an aromatic ring is 1. The molecule has 3 heteroatoms. The minimum Gasteiger partial charge on any atom is -0.399 e. The zero-order chi connectivity index (χ0) is 15.3. The van der Waals surface area contributed by atoms with Crippen molar-refractivity contribution in [2.75, 3.05) is 12.8 Å². The largest absolute Gasteiger partial charge is 0.399 e. The molecule has 1 amide bonds. The van der Waals surface area contributed by atoms with E-state index in [0.29, 0.717) is 12.5 Å². The average molecular weight is 298 g/mol. The van der Waals surface area contributed by atoms with Crippen LogP contribution >= 0.6 is 0 Å². The third-order valence-corrected chi connectivity index (χ3v) is 6.35. The number of nitrogens with zero attached hydrogens (tertiary/aromatic N) is 1. The molecular formula is C19H26N2O. The molecule has 118 valence electrons. The van der Waals surface area contributed by atoms with Gasteiger partial charge in [-0.1, -0.05) is 12.1 Å². The highest BCUT2D eigenvalue weighted by atomic mass is 16.2. The van der Waals surface area contributed by atoms with Gasteiger partial charge in [0, 0.05) is 18.8 Å². The van der Waals surface area contributed by atoms with Crippen LogP contribution in [0.15, 0.2) is 24.3 Å². The van der Waals surface area contributed by atoms with Crippen LogP contribution in [-0.2, 0) is 11.2 Å². The van der Waals surface area contributed by atoms with Gasteiger partial charge in [-0.3, -0.25) is 4.79 Å². The number of benzene rings is 1. The highest BCUT2D eigenvalue weighted by Crippen LogP contribution is 2.54. The number of anilines is 1. The number of nitrogens with two attached hydrogens (primary N) is 1. The lowest BCUT2D eigenvalue weighted by atomic mass is 9.54. The summed E-state index contributed by atoms with van der Waals surface area (Å²) in [5.74, 6) is 3.70. The van der Waals surface area contributed by atoms with E-state index in [9.17, 15) is 4.79 Å². The molecule has 4 aliphatic carbocycles. The molecule has 3 nitrogen and oxygen atoms in total. The molecule has 1 aromatic rings. The van der Waals surface area contributed by atoms with Crippen molar-refractivity contribution in [2.24, 2.45) is 23.7 Å². The maximum Gasteiger partial charge on any atom is 0.226 e. The van der Waals surface area contributed by atoms with Gasteiger partial charge in [0.15, 0.2) is 0 Å². The quantitative estimate of drug-likeness (QED) is 0.872. The summed E-state index contributed by atoms with van der Waals surface area (Å²) < 4.78 is 0. The molecule has 0 spiro atoms. The monoisotopic (exact) mass is 298 g/mol. The number of rotatable bonds is 3. The molecule has 4 fully saturated rings. The van der Waals surface area contributed by atoms with Crippen molar-refractivity contribution in [1.82, 2.24) is 4.90 Å². The Bertz CT molecular complexity index is 537. The summed E-state index contributed by atoms with van der Waals surface area (Å²) in [7, 11) is 2.03. The summed E-state index contributed by atoms with van der Waals surface area (Å²) in [6, 6.07) is 8.20. The van der Waals surface area contributed by atoms with E-state index in [0.717, 1.165) is 34.9 Å². The Morgan fingerprint density at radius 2 is 1.59 bits per heavy atom. The molecule has 0 heterocycles. The highest BCUT2D eigenvalue weighted by molar-refractivity contribution is 5.79. The van der Waals surface area contributed by atoms with E-state index in [1.54, 1.807) is 0 Å². The van der Waals surface area contributed by atoms with Crippen LogP contribution < -0.4 is 5.73 Å². The number of likely N-dealkylation sites (N-methyl/N-ethyl adjacent to an activating group) is 1. The Balaban J connectivity index is 1.46. The van der Waals surface area contributed by atoms with Crippen molar-refractivity contribution >= 4 is 11.6 Å². The van der Waals surface area contributed by atoms with Crippen LogP contribution in [0.1, 0.15) is 37.7 Å². The fourth-order valence-corrected chi connectivity index (χ4v) is 5.63. The summed E-state index contributed by atoms with van der Waals surface area (Å²) in [6.45, 7) is 0. The van der Waals surface area contributed by atoms with Gasteiger partial charge in [0.1, 0.15) is 0 Å². The molecule has 1 aromatic carbocycles. The molecule has 0 radical (unpaired) electrons. The van der Waals surface area contributed by atoms with E-state index in [2.05, 4.69) is 4.90 Å². The van der Waals surface area contributed by atoms with Crippen LogP contribution in [0.2, 0.25) is 0 Å². The Morgan fingerprint density at radius 3 is 2.14 bits per heavy atom. The maximum absolute atomic E-state index is 12.7. The second kappa shape index (κ2) is 5.29. The Morgan fingerprint density at radius 1 is 1.05 bits per heavy atom. The smallest absolute Gasteiger partial charge is 0.226 e. The van der Waals surface area contributed by atoms with Gasteiger partial charge in [0.2, 0.25) is 5.91 Å². The van der Waals surface area contributed by atoms with Gasteiger partial charge in [-0.05, 0) is 73.5 Å². The van der Waals surface area contributed by atoms with E-state index in [1.165, 1.54) is 32.1 Å². The van der Waals surface area contributed by atoms with Crippen molar-refractivity contribution in [3.05, 3.63) is 29.8 Å². The van der Waals surface area contributed by atoms with E-state index in [1.807, 2.05) is 31.3 Å². The van der Waals surface area contributed by atoms with Crippen molar-refractivity contribution < 1.29 is 4.79 Å². The fraction of sp³-hybridized carbons (Fsp3) is 0.632. The van der Waals surface area contributed by atoms with Crippen LogP contribution in [0, 0.1) is 23.7 Å². The zero-order valence-electron chi connectivity index (χ0n) is 13.4. The van der Waals surface area contributed by atoms with Crippen LogP contribution in [0.4, 0.5) is 5.69 Å². The lowest BCUT2D eigenvalue weighted by molar-refractivity contribution is -0.140. The summed E-state index contributed by atoms with van der Waals surface area (Å²) in [5.41, 5.74) is 7.54. The third kappa shape index (κ3) is 2.41. The topological polar surface area (TPSA) is 46.3 Å². The standard InChI is InChI=1S/C19H26N2O/c1-21(18(22)11-12-2-4-17(20)5-3-12)19-15-7-13-6-14(9-15)10-16(19)8-13/h2-5,13-16,19H,6-11,20H2,1H3. The van der Waals surface area contributed by atoms with E-state index in [4.69, 9.17) is 5.73 Å². The first-order valence-electron chi connectivity index (χ1n) is 8.70. The molecule has 5 rings (SSSR count). The van der Waals surface area contributed by atoms with E-state index >= 15 is 0 Å². The fourth-order valence-electron chi connectivity index (χ4n) is 5.63. The first-order chi connectivity index (χ1) is 10.6. The predicted molar refractivity (Wildman–Crippen MR) is 88.2 cm³/mol. The predicted octanol–water partition coefficient (Wildman–Crippen LogP) is 3.09. The van der Waals surface area contributed by atoms with Crippen molar-refractivity contribution in [3.63, 3.8) is 0 Å². The molecule has 4 aliphatic rings. The maximum atomic E-state index is 12.7. The summed E-state index contributed by atoms with van der Waals surface area (Å²) >= 11 is 0. The third-order valence-electron chi connectivity index (χ3n) is 6.35. The van der Waals surface area contributed by atoms with Crippen LogP contribution in [-0.4, -0.2) is 23.9 Å². The van der Waals surface area contributed by atoms with Crippen molar-refractivity contribution in [3.8, 4) is 0 Å². The van der Waals surface area contributed by atoms with Gasteiger partial charge in [0.25, 0.3) is 0 Å². The lowest BCUT2D eigenvalue weighted by Crippen LogP contribution is -2.56. The number of hydrogen-bond acceptors (Lipinski definition) is 2. The summed E-state index contributed by atoms with van der Waals surface area (Å²) in [5, 5.41) is 0. The average Bonchev–Trinajstić information content (AvgIpc) is 2.48. The van der Waals surface area contributed by atoms with Gasteiger partial charge < -0.3 is 10.6 Å². The molecule has 0 saturated heterocycles. The molecule has 4 bridgehead atoms.